The van der Waals surface area contributed by atoms with E-state index < -0.39 is 11.9 Å². The number of carbonyl (C=O) groups excluding carboxylic acids is 2. The zero-order valence-corrected chi connectivity index (χ0v) is 9.68. The van der Waals surface area contributed by atoms with Gasteiger partial charge in [-0.15, -0.1) is 0 Å². The van der Waals surface area contributed by atoms with Crippen molar-refractivity contribution < 1.29 is 14.3 Å². The minimum absolute atomic E-state index is 0.144. The van der Waals surface area contributed by atoms with Crippen molar-refractivity contribution in [2.75, 3.05) is 13.1 Å². The molecule has 0 bridgehead atoms. The topological polar surface area (TPSA) is 59.5 Å². The maximum absolute atomic E-state index is 11.1. The van der Waals surface area contributed by atoms with E-state index in [9.17, 15) is 9.59 Å². The van der Waals surface area contributed by atoms with E-state index in [4.69, 9.17) is 0 Å². The van der Waals surface area contributed by atoms with Crippen molar-refractivity contribution in [3.63, 3.8) is 0 Å². The molecule has 1 saturated heterocycles. The van der Waals surface area contributed by atoms with E-state index in [2.05, 4.69) is 16.6 Å². The SMILES string of the molecule is CCc1cccnc1CN1CC(=O)OC(=O)C1. The van der Waals surface area contributed by atoms with Gasteiger partial charge in [-0.05, 0) is 18.1 Å². The van der Waals surface area contributed by atoms with Gasteiger partial charge in [-0.1, -0.05) is 13.0 Å². The Morgan fingerprint density at radius 1 is 1.35 bits per heavy atom. The van der Waals surface area contributed by atoms with Crippen LogP contribution in [0.5, 0.6) is 0 Å². The lowest BCUT2D eigenvalue weighted by atomic mass is 10.1. The molecular formula is C12H14N2O3. The molecule has 0 radical (unpaired) electrons. The summed E-state index contributed by atoms with van der Waals surface area (Å²) in [5.74, 6) is -0.981. The van der Waals surface area contributed by atoms with Gasteiger partial charge in [0, 0.05) is 12.7 Å². The van der Waals surface area contributed by atoms with E-state index in [0.29, 0.717) is 6.54 Å². The molecule has 0 saturated carbocycles. The van der Waals surface area contributed by atoms with Gasteiger partial charge < -0.3 is 4.74 Å². The summed E-state index contributed by atoms with van der Waals surface area (Å²) < 4.78 is 4.47. The molecule has 0 aromatic carbocycles. The van der Waals surface area contributed by atoms with Crippen LogP contribution >= 0.6 is 0 Å². The summed E-state index contributed by atoms with van der Waals surface area (Å²) in [6.45, 7) is 2.85. The maximum Gasteiger partial charge on any atom is 0.327 e. The van der Waals surface area contributed by atoms with Gasteiger partial charge in [-0.25, -0.2) is 0 Å². The van der Waals surface area contributed by atoms with Crippen molar-refractivity contribution in [2.24, 2.45) is 0 Å². The molecular weight excluding hydrogens is 220 g/mol. The molecule has 1 aliphatic heterocycles. The summed E-state index contributed by atoms with van der Waals surface area (Å²) in [7, 11) is 0. The lowest BCUT2D eigenvalue weighted by Gasteiger charge is -2.24. The van der Waals surface area contributed by atoms with Crippen LogP contribution in [0.15, 0.2) is 18.3 Å². The van der Waals surface area contributed by atoms with E-state index in [0.717, 1.165) is 17.7 Å². The molecule has 1 aromatic rings. The van der Waals surface area contributed by atoms with E-state index in [1.165, 1.54) is 0 Å². The minimum Gasteiger partial charge on any atom is -0.391 e. The van der Waals surface area contributed by atoms with Gasteiger partial charge in [-0.3, -0.25) is 19.5 Å². The minimum atomic E-state index is -0.491. The molecule has 0 aliphatic carbocycles. The molecule has 1 aliphatic rings. The Morgan fingerprint density at radius 2 is 2.06 bits per heavy atom. The van der Waals surface area contributed by atoms with Crippen molar-refractivity contribution in [1.82, 2.24) is 9.88 Å². The highest BCUT2D eigenvalue weighted by Crippen LogP contribution is 2.11. The summed E-state index contributed by atoms with van der Waals surface area (Å²) in [5, 5.41) is 0. The van der Waals surface area contributed by atoms with Crippen LogP contribution < -0.4 is 0 Å². The number of morpholine rings is 1. The van der Waals surface area contributed by atoms with Gasteiger partial charge in [0.1, 0.15) is 0 Å². The highest BCUT2D eigenvalue weighted by atomic mass is 16.6. The zero-order valence-electron chi connectivity index (χ0n) is 9.68. The highest BCUT2D eigenvalue weighted by molar-refractivity contribution is 5.90. The fourth-order valence-corrected chi connectivity index (χ4v) is 1.87. The average molecular weight is 234 g/mol. The average Bonchev–Trinajstić information content (AvgIpc) is 2.28. The number of ether oxygens (including phenoxy) is 1. The number of aryl methyl sites for hydroxylation is 1. The zero-order chi connectivity index (χ0) is 12.3. The summed E-state index contributed by atoms with van der Waals surface area (Å²) >= 11 is 0. The fourth-order valence-electron chi connectivity index (χ4n) is 1.87. The van der Waals surface area contributed by atoms with E-state index >= 15 is 0 Å². The molecule has 90 valence electrons. The molecule has 2 rings (SSSR count). The molecule has 0 amide bonds. The third kappa shape index (κ3) is 2.88. The molecule has 0 spiro atoms. The molecule has 2 heterocycles. The largest absolute Gasteiger partial charge is 0.391 e. The van der Waals surface area contributed by atoms with Crippen molar-refractivity contribution in [1.29, 1.82) is 0 Å². The van der Waals surface area contributed by atoms with Crippen LogP contribution in [0, 0.1) is 0 Å². The van der Waals surface area contributed by atoms with Crippen molar-refractivity contribution in [3.8, 4) is 0 Å². The molecule has 17 heavy (non-hydrogen) atoms. The number of cyclic esters (lactones) is 2. The van der Waals surface area contributed by atoms with Crippen LogP contribution in [0.1, 0.15) is 18.2 Å². The Kier molecular flexibility index (Phi) is 3.49. The Labute approximate surface area is 99.4 Å². The van der Waals surface area contributed by atoms with Gasteiger partial charge in [0.25, 0.3) is 0 Å². The summed E-state index contributed by atoms with van der Waals surface area (Å²) in [5.41, 5.74) is 2.05. The predicted octanol–water partition coefficient (Wildman–Crippen LogP) is 0.529. The first-order chi connectivity index (χ1) is 8.19. The first kappa shape index (κ1) is 11.7. The van der Waals surface area contributed by atoms with Gasteiger partial charge in [0.15, 0.2) is 0 Å². The second-order valence-corrected chi connectivity index (χ2v) is 3.95. The van der Waals surface area contributed by atoms with Gasteiger partial charge in [0.2, 0.25) is 0 Å². The van der Waals surface area contributed by atoms with Gasteiger partial charge >= 0.3 is 11.9 Å². The van der Waals surface area contributed by atoms with E-state index in [-0.39, 0.29) is 13.1 Å². The van der Waals surface area contributed by atoms with E-state index in [1.54, 1.807) is 11.1 Å². The van der Waals surface area contributed by atoms with Gasteiger partial charge in [-0.2, -0.15) is 0 Å². The van der Waals surface area contributed by atoms with E-state index in [1.807, 2.05) is 12.1 Å². The molecule has 1 fully saturated rings. The number of carbonyl (C=O) groups is 2. The second kappa shape index (κ2) is 5.05. The standard InChI is InChI=1S/C12H14N2O3/c1-2-9-4-3-5-13-10(9)6-14-7-11(15)17-12(16)8-14/h3-5H,2,6-8H2,1H3. The fraction of sp³-hybridized carbons (Fsp3) is 0.417. The van der Waals surface area contributed by atoms with Crippen molar-refractivity contribution in [2.45, 2.75) is 19.9 Å². The van der Waals surface area contributed by atoms with Crippen LogP contribution in [-0.4, -0.2) is 34.9 Å². The molecule has 0 N–H and O–H groups in total. The van der Waals surface area contributed by atoms with Crippen LogP contribution in [0.4, 0.5) is 0 Å². The Bertz CT molecular complexity index is 429. The third-order valence-electron chi connectivity index (χ3n) is 2.67. The first-order valence-electron chi connectivity index (χ1n) is 5.57. The normalized spacial score (nSPS) is 17.0. The lowest BCUT2D eigenvalue weighted by Crippen LogP contribution is -2.42. The van der Waals surface area contributed by atoms with Gasteiger partial charge in [0.05, 0.1) is 18.8 Å². The number of hydrogen-bond acceptors (Lipinski definition) is 5. The smallest absolute Gasteiger partial charge is 0.327 e. The van der Waals surface area contributed by atoms with Crippen molar-refractivity contribution >= 4 is 11.9 Å². The number of pyridine rings is 1. The van der Waals surface area contributed by atoms with Crippen LogP contribution in [0.2, 0.25) is 0 Å². The Hall–Kier alpha value is -1.75. The number of aromatic nitrogens is 1. The first-order valence-corrected chi connectivity index (χ1v) is 5.57. The lowest BCUT2D eigenvalue weighted by molar-refractivity contribution is -0.167. The third-order valence-corrected chi connectivity index (χ3v) is 2.67. The quantitative estimate of drug-likeness (QED) is 0.564. The summed E-state index contributed by atoms with van der Waals surface area (Å²) in [4.78, 5) is 28.3. The number of hydrogen-bond donors (Lipinski definition) is 0. The Morgan fingerprint density at radius 3 is 2.71 bits per heavy atom. The summed E-state index contributed by atoms with van der Waals surface area (Å²) in [6.07, 6.45) is 2.61. The van der Waals surface area contributed by atoms with Crippen LogP contribution in [0.3, 0.4) is 0 Å². The monoisotopic (exact) mass is 234 g/mol. The predicted molar refractivity (Wildman–Crippen MR) is 60.0 cm³/mol. The van der Waals surface area contributed by atoms with Crippen LogP contribution in [0.25, 0.3) is 0 Å². The number of rotatable bonds is 3. The Balaban J connectivity index is 2.09. The molecule has 0 unspecified atom stereocenters. The van der Waals surface area contributed by atoms with Crippen LogP contribution in [-0.2, 0) is 27.3 Å². The maximum atomic E-state index is 11.1. The molecule has 5 heteroatoms. The number of nitrogens with zero attached hydrogens (tertiary/aromatic N) is 2. The highest BCUT2D eigenvalue weighted by Gasteiger charge is 2.25. The molecule has 1 aromatic heterocycles. The second-order valence-electron chi connectivity index (χ2n) is 3.95. The van der Waals surface area contributed by atoms with Crippen molar-refractivity contribution in [3.05, 3.63) is 29.6 Å². The summed E-state index contributed by atoms with van der Waals surface area (Å²) in [6, 6.07) is 3.89. The number of esters is 2. The molecule has 5 nitrogen and oxygen atoms in total. The molecule has 0 atom stereocenters.